The number of nitrogens with one attached hydrogen (secondary N) is 1. The maximum Gasteiger partial charge on any atom is 0.295 e. The smallest absolute Gasteiger partial charge is 0.295 e. The first-order valence-corrected chi connectivity index (χ1v) is 9.59. The summed E-state index contributed by atoms with van der Waals surface area (Å²) in [5.74, 6) is -1.91. The number of hydrogen-bond donors (Lipinski definition) is 1. The highest BCUT2D eigenvalue weighted by Crippen LogP contribution is 2.24. The molecule has 0 saturated carbocycles. The molecule has 1 N–H and O–H groups in total. The van der Waals surface area contributed by atoms with Crippen LogP contribution in [0.4, 0.5) is 4.39 Å². The summed E-state index contributed by atoms with van der Waals surface area (Å²) in [6.45, 7) is 1.66. The van der Waals surface area contributed by atoms with Crippen LogP contribution in [0.1, 0.15) is 15.9 Å². The lowest BCUT2D eigenvalue weighted by Gasteiger charge is -2.37. The van der Waals surface area contributed by atoms with E-state index in [1.165, 1.54) is 23.2 Å². The average molecular weight is 402 g/mol. The van der Waals surface area contributed by atoms with Crippen LogP contribution in [0.5, 0.6) is 0 Å². The molecule has 2 heterocycles. The van der Waals surface area contributed by atoms with E-state index in [1.807, 2.05) is 35.2 Å². The molecule has 6 nitrogen and oxygen atoms in total. The van der Waals surface area contributed by atoms with Crippen LogP contribution in [-0.4, -0.2) is 52.7 Å². The van der Waals surface area contributed by atoms with E-state index in [1.54, 1.807) is 12.1 Å². The van der Waals surface area contributed by atoms with Gasteiger partial charge >= 0.3 is 0 Å². The van der Waals surface area contributed by atoms with Crippen LogP contribution >= 0.6 is 0 Å². The number of Topliss-reactive ketones (excluding diaryl/α,β-unsaturated/α-hetero) is 1. The second-order valence-electron chi connectivity index (χ2n) is 7.00. The van der Waals surface area contributed by atoms with Gasteiger partial charge in [-0.1, -0.05) is 36.4 Å². The van der Waals surface area contributed by atoms with E-state index in [-0.39, 0.29) is 10.9 Å². The minimum Gasteiger partial charge on any atom is -0.367 e. The molecule has 0 bridgehead atoms. The number of amides is 1. The molecule has 1 aliphatic rings. The summed E-state index contributed by atoms with van der Waals surface area (Å²) >= 11 is 0. The van der Waals surface area contributed by atoms with Crippen molar-refractivity contribution in [2.24, 2.45) is 0 Å². The number of benzene rings is 2. The lowest BCUT2D eigenvalue weighted by atomic mass is 10.1. The molecular weight excluding hydrogens is 383 g/mol. The first kappa shape index (κ1) is 19.4. The van der Waals surface area contributed by atoms with Crippen LogP contribution in [0.3, 0.4) is 0 Å². The molecule has 0 aliphatic carbocycles. The SMILES string of the molecule is N#C/C=C(\c1ccccc1)N1CCN(C(=O)C(=O)c2c[nH]c3cccc(F)c23)CC1. The molecule has 150 valence electrons. The Morgan fingerprint density at radius 1 is 1.00 bits per heavy atom. The van der Waals surface area contributed by atoms with Crippen molar-refractivity contribution < 1.29 is 14.0 Å². The van der Waals surface area contributed by atoms with E-state index in [9.17, 15) is 14.0 Å². The Bertz CT molecular complexity index is 1170. The van der Waals surface area contributed by atoms with Crippen LogP contribution in [-0.2, 0) is 4.79 Å². The Morgan fingerprint density at radius 3 is 2.40 bits per heavy atom. The molecule has 1 amide bonds. The van der Waals surface area contributed by atoms with Gasteiger partial charge in [0.15, 0.2) is 0 Å². The largest absolute Gasteiger partial charge is 0.367 e. The zero-order valence-corrected chi connectivity index (χ0v) is 16.1. The summed E-state index contributed by atoms with van der Waals surface area (Å²) in [4.78, 5) is 31.9. The van der Waals surface area contributed by atoms with Gasteiger partial charge in [-0.2, -0.15) is 5.26 Å². The fraction of sp³-hybridized carbons (Fsp3) is 0.174. The van der Waals surface area contributed by atoms with Gasteiger partial charge in [-0.15, -0.1) is 0 Å². The number of carbonyl (C=O) groups is 2. The molecule has 0 unspecified atom stereocenters. The van der Waals surface area contributed by atoms with Crippen LogP contribution in [0.25, 0.3) is 16.6 Å². The van der Waals surface area contributed by atoms with Crippen molar-refractivity contribution in [2.75, 3.05) is 26.2 Å². The molecule has 3 aromatic rings. The number of nitriles is 1. The summed E-state index contributed by atoms with van der Waals surface area (Å²) in [6.07, 6.45) is 2.88. The third-order valence-electron chi connectivity index (χ3n) is 5.27. The number of carbonyl (C=O) groups excluding carboxylic acids is 2. The number of H-pyrrole nitrogens is 1. The zero-order valence-electron chi connectivity index (χ0n) is 16.1. The number of nitrogens with zero attached hydrogens (tertiary/aromatic N) is 3. The highest BCUT2D eigenvalue weighted by atomic mass is 19.1. The van der Waals surface area contributed by atoms with Crippen LogP contribution in [0.2, 0.25) is 0 Å². The number of rotatable bonds is 4. The quantitative estimate of drug-likeness (QED) is 0.413. The van der Waals surface area contributed by atoms with Crippen molar-refractivity contribution in [1.29, 1.82) is 5.26 Å². The number of allylic oxidation sites excluding steroid dienone is 1. The van der Waals surface area contributed by atoms with Gasteiger partial charge in [0.25, 0.3) is 11.7 Å². The average Bonchev–Trinajstić information content (AvgIpc) is 3.23. The highest BCUT2D eigenvalue weighted by molar-refractivity contribution is 6.44. The molecular formula is C23H19FN4O2. The number of fused-ring (bicyclic) bond motifs is 1. The number of aromatic amines is 1. The van der Waals surface area contributed by atoms with E-state index in [0.717, 1.165) is 11.3 Å². The van der Waals surface area contributed by atoms with Crippen molar-refractivity contribution in [2.45, 2.75) is 0 Å². The number of ketones is 1. The minimum atomic E-state index is -0.726. The van der Waals surface area contributed by atoms with E-state index in [4.69, 9.17) is 5.26 Å². The Labute approximate surface area is 172 Å². The molecule has 1 fully saturated rings. The van der Waals surface area contributed by atoms with Gasteiger partial charge in [0.2, 0.25) is 0 Å². The Kier molecular flexibility index (Phi) is 5.31. The van der Waals surface area contributed by atoms with E-state index < -0.39 is 17.5 Å². The maximum atomic E-state index is 14.2. The monoisotopic (exact) mass is 402 g/mol. The highest BCUT2D eigenvalue weighted by Gasteiger charge is 2.29. The lowest BCUT2D eigenvalue weighted by Crippen LogP contribution is -2.49. The van der Waals surface area contributed by atoms with E-state index >= 15 is 0 Å². The minimum absolute atomic E-state index is 0.0462. The molecule has 1 saturated heterocycles. The second-order valence-corrected chi connectivity index (χ2v) is 7.00. The number of hydrogen-bond acceptors (Lipinski definition) is 4. The van der Waals surface area contributed by atoms with Gasteiger partial charge in [-0.25, -0.2) is 4.39 Å². The first-order chi connectivity index (χ1) is 14.6. The Hall–Kier alpha value is -3.92. The van der Waals surface area contributed by atoms with Crippen molar-refractivity contribution in [3.05, 3.63) is 77.7 Å². The normalized spacial score (nSPS) is 14.6. The molecule has 30 heavy (non-hydrogen) atoms. The molecule has 0 atom stereocenters. The number of aromatic nitrogens is 1. The standard InChI is InChI=1S/C23H19FN4O2/c24-18-7-4-8-19-21(18)17(15-26-19)22(29)23(30)28-13-11-27(12-14-28)20(9-10-25)16-5-2-1-3-6-16/h1-9,15,26H,11-14H2/b20-9+. The predicted molar refractivity (Wildman–Crippen MR) is 111 cm³/mol. The molecule has 7 heteroatoms. The van der Waals surface area contributed by atoms with Crippen molar-refractivity contribution >= 4 is 28.3 Å². The zero-order chi connectivity index (χ0) is 21.1. The second kappa shape index (κ2) is 8.21. The molecule has 0 spiro atoms. The Morgan fingerprint density at radius 2 is 1.70 bits per heavy atom. The summed E-state index contributed by atoms with van der Waals surface area (Å²) in [6, 6.07) is 16.1. The van der Waals surface area contributed by atoms with Crippen molar-refractivity contribution in [3.63, 3.8) is 0 Å². The van der Waals surface area contributed by atoms with Gasteiger partial charge in [0.1, 0.15) is 5.82 Å². The number of halogens is 1. The summed E-state index contributed by atoms with van der Waals surface area (Å²) in [5, 5.41) is 9.30. The van der Waals surface area contributed by atoms with Crippen LogP contribution < -0.4 is 0 Å². The molecule has 1 aromatic heterocycles. The molecule has 4 rings (SSSR count). The van der Waals surface area contributed by atoms with E-state index in [0.29, 0.717) is 31.7 Å². The van der Waals surface area contributed by atoms with Gasteiger partial charge in [-0.05, 0) is 17.7 Å². The summed E-state index contributed by atoms with van der Waals surface area (Å²) in [5.41, 5.74) is 2.23. The molecule has 2 aromatic carbocycles. The van der Waals surface area contributed by atoms with Crippen molar-refractivity contribution in [1.82, 2.24) is 14.8 Å². The molecule has 0 radical (unpaired) electrons. The first-order valence-electron chi connectivity index (χ1n) is 9.59. The van der Waals surface area contributed by atoms with Gasteiger partial charge in [-0.3, -0.25) is 9.59 Å². The van der Waals surface area contributed by atoms with Gasteiger partial charge < -0.3 is 14.8 Å². The Balaban J connectivity index is 1.48. The van der Waals surface area contributed by atoms with Crippen LogP contribution in [0.15, 0.2) is 60.8 Å². The van der Waals surface area contributed by atoms with Gasteiger partial charge in [0.05, 0.1) is 17.3 Å². The fourth-order valence-electron chi connectivity index (χ4n) is 3.76. The van der Waals surface area contributed by atoms with E-state index in [2.05, 4.69) is 11.1 Å². The van der Waals surface area contributed by atoms with Gasteiger partial charge in [0, 0.05) is 49.4 Å². The fourth-order valence-corrected chi connectivity index (χ4v) is 3.76. The summed E-state index contributed by atoms with van der Waals surface area (Å²) in [7, 11) is 0. The lowest BCUT2D eigenvalue weighted by molar-refractivity contribution is -0.127. The third-order valence-corrected chi connectivity index (χ3v) is 5.27. The summed E-state index contributed by atoms with van der Waals surface area (Å²) < 4.78 is 14.2. The number of piperazine rings is 1. The molecule has 1 aliphatic heterocycles. The topological polar surface area (TPSA) is 80.2 Å². The van der Waals surface area contributed by atoms with Crippen molar-refractivity contribution in [3.8, 4) is 6.07 Å². The van der Waals surface area contributed by atoms with Crippen LogP contribution in [0, 0.1) is 17.1 Å². The predicted octanol–water partition coefficient (Wildman–Crippen LogP) is 3.20. The third kappa shape index (κ3) is 3.55. The maximum absolute atomic E-state index is 14.2.